The average Bonchev–Trinajstić information content (AvgIpc) is 2.39. The lowest BCUT2D eigenvalue weighted by atomic mass is 10.0. The first-order valence-electron chi connectivity index (χ1n) is 7.26. The molecule has 0 radical (unpaired) electrons. The van der Waals surface area contributed by atoms with Crippen molar-refractivity contribution >= 4 is 11.6 Å². The second-order valence-electron chi connectivity index (χ2n) is 5.49. The fourth-order valence-corrected chi connectivity index (χ4v) is 2.15. The molecule has 4 nitrogen and oxygen atoms in total. The lowest BCUT2D eigenvalue weighted by molar-refractivity contribution is -0.117. The summed E-state index contributed by atoms with van der Waals surface area (Å²) in [5, 5.41) is 6.13. The molecule has 0 heterocycles. The summed E-state index contributed by atoms with van der Waals surface area (Å²) in [6, 6.07) is 8.00. The number of nitrogens with zero attached hydrogens (tertiary/aromatic N) is 1. The maximum Gasteiger partial charge on any atom is 0.238 e. The van der Waals surface area contributed by atoms with Gasteiger partial charge in [0.25, 0.3) is 0 Å². The number of anilines is 1. The van der Waals surface area contributed by atoms with Crippen molar-refractivity contribution in [1.29, 1.82) is 0 Å². The first-order chi connectivity index (χ1) is 9.54. The molecule has 1 aromatic carbocycles. The van der Waals surface area contributed by atoms with Crippen LogP contribution >= 0.6 is 0 Å². The van der Waals surface area contributed by atoms with Crippen LogP contribution in [0.3, 0.4) is 0 Å². The number of carbonyl (C=O) groups excluding carboxylic acids is 1. The standard InChI is InChI=1S/C16H27N3O/c1-13(2)14-8-5-6-9-15(14)18-16(20)12-19(4)11-7-10-17-3/h5-6,8-9,13,17H,7,10-12H2,1-4H3,(H,18,20). The highest BCUT2D eigenvalue weighted by atomic mass is 16.2. The first kappa shape index (κ1) is 16.7. The summed E-state index contributed by atoms with van der Waals surface area (Å²) >= 11 is 0. The molecule has 0 aliphatic heterocycles. The maximum atomic E-state index is 12.1. The van der Waals surface area contributed by atoms with Crippen LogP contribution in [-0.2, 0) is 4.79 Å². The largest absolute Gasteiger partial charge is 0.325 e. The van der Waals surface area contributed by atoms with Gasteiger partial charge in [-0.15, -0.1) is 0 Å². The van der Waals surface area contributed by atoms with Gasteiger partial charge >= 0.3 is 0 Å². The van der Waals surface area contributed by atoms with Gasteiger partial charge in [-0.05, 0) is 51.2 Å². The van der Waals surface area contributed by atoms with Crippen LogP contribution < -0.4 is 10.6 Å². The molecule has 112 valence electrons. The molecule has 1 amide bonds. The molecule has 0 aliphatic rings. The number of para-hydroxylation sites is 1. The number of likely N-dealkylation sites (N-methyl/N-ethyl adjacent to an activating group) is 1. The molecule has 0 aliphatic carbocycles. The Kier molecular flexibility index (Phi) is 7.26. The molecular formula is C16H27N3O. The van der Waals surface area contributed by atoms with Crippen LogP contribution in [0.1, 0.15) is 31.7 Å². The van der Waals surface area contributed by atoms with Crippen LogP contribution in [0.2, 0.25) is 0 Å². The van der Waals surface area contributed by atoms with Gasteiger partial charge in [0, 0.05) is 5.69 Å². The minimum atomic E-state index is 0.0463. The second-order valence-corrected chi connectivity index (χ2v) is 5.49. The van der Waals surface area contributed by atoms with Crippen molar-refractivity contribution in [3.63, 3.8) is 0 Å². The van der Waals surface area contributed by atoms with E-state index in [4.69, 9.17) is 0 Å². The Morgan fingerprint density at radius 2 is 2.00 bits per heavy atom. The number of carbonyl (C=O) groups is 1. The summed E-state index contributed by atoms with van der Waals surface area (Å²) in [6.45, 7) is 6.59. The molecule has 1 rings (SSSR count). The minimum absolute atomic E-state index is 0.0463. The topological polar surface area (TPSA) is 44.4 Å². The molecular weight excluding hydrogens is 250 g/mol. The highest BCUT2D eigenvalue weighted by Crippen LogP contribution is 2.23. The van der Waals surface area contributed by atoms with E-state index in [-0.39, 0.29) is 5.91 Å². The van der Waals surface area contributed by atoms with Crippen molar-refractivity contribution in [1.82, 2.24) is 10.2 Å². The van der Waals surface area contributed by atoms with Crippen molar-refractivity contribution in [2.45, 2.75) is 26.2 Å². The number of hydrogen-bond donors (Lipinski definition) is 2. The molecule has 2 N–H and O–H groups in total. The maximum absolute atomic E-state index is 12.1. The van der Waals surface area contributed by atoms with E-state index in [2.05, 4.69) is 30.5 Å². The minimum Gasteiger partial charge on any atom is -0.325 e. The molecule has 0 unspecified atom stereocenters. The van der Waals surface area contributed by atoms with Crippen LogP contribution in [0.15, 0.2) is 24.3 Å². The molecule has 0 spiro atoms. The van der Waals surface area contributed by atoms with Crippen LogP contribution in [0.5, 0.6) is 0 Å². The van der Waals surface area contributed by atoms with E-state index in [0.29, 0.717) is 12.5 Å². The van der Waals surface area contributed by atoms with E-state index in [9.17, 15) is 4.79 Å². The number of benzene rings is 1. The Morgan fingerprint density at radius 3 is 2.65 bits per heavy atom. The van der Waals surface area contributed by atoms with Gasteiger partial charge in [0.15, 0.2) is 0 Å². The van der Waals surface area contributed by atoms with Crippen LogP contribution in [0.25, 0.3) is 0 Å². The Hall–Kier alpha value is -1.39. The smallest absolute Gasteiger partial charge is 0.238 e. The van der Waals surface area contributed by atoms with E-state index in [1.54, 1.807) is 0 Å². The van der Waals surface area contributed by atoms with Gasteiger partial charge in [-0.2, -0.15) is 0 Å². The van der Waals surface area contributed by atoms with E-state index >= 15 is 0 Å². The van der Waals surface area contributed by atoms with Crippen molar-refractivity contribution in [3.05, 3.63) is 29.8 Å². The molecule has 0 atom stereocenters. The highest BCUT2D eigenvalue weighted by molar-refractivity contribution is 5.93. The predicted octanol–water partition coefficient (Wildman–Crippen LogP) is 2.29. The monoisotopic (exact) mass is 277 g/mol. The van der Waals surface area contributed by atoms with Crippen molar-refractivity contribution < 1.29 is 4.79 Å². The summed E-state index contributed by atoms with van der Waals surface area (Å²) < 4.78 is 0. The Balaban J connectivity index is 2.50. The Bertz CT molecular complexity index is 418. The third kappa shape index (κ3) is 5.72. The van der Waals surface area contributed by atoms with Gasteiger partial charge in [-0.1, -0.05) is 32.0 Å². The highest BCUT2D eigenvalue weighted by Gasteiger charge is 2.10. The third-order valence-electron chi connectivity index (χ3n) is 3.24. The van der Waals surface area contributed by atoms with Gasteiger partial charge in [-0.25, -0.2) is 0 Å². The Morgan fingerprint density at radius 1 is 1.30 bits per heavy atom. The number of nitrogens with one attached hydrogen (secondary N) is 2. The Labute approximate surface area is 122 Å². The van der Waals surface area contributed by atoms with Crippen molar-refractivity contribution in [3.8, 4) is 0 Å². The van der Waals surface area contributed by atoms with Crippen LogP contribution in [0.4, 0.5) is 5.69 Å². The molecule has 1 aromatic rings. The average molecular weight is 277 g/mol. The second kappa shape index (κ2) is 8.72. The van der Waals surface area contributed by atoms with Gasteiger partial charge in [0.05, 0.1) is 6.54 Å². The zero-order valence-electron chi connectivity index (χ0n) is 13.1. The van der Waals surface area contributed by atoms with E-state index in [1.807, 2.05) is 37.2 Å². The molecule has 0 bridgehead atoms. The zero-order valence-corrected chi connectivity index (χ0v) is 13.1. The normalized spacial score (nSPS) is 11.1. The summed E-state index contributed by atoms with van der Waals surface area (Å²) in [6.07, 6.45) is 1.04. The van der Waals surface area contributed by atoms with Gasteiger partial charge in [0.1, 0.15) is 0 Å². The summed E-state index contributed by atoms with van der Waals surface area (Å²) in [5.41, 5.74) is 2.11. The summed E-state index contributed by atoms with van der Waals surface area (Å²) in [7, 11) is 3.92. The fraction of sp³-hybridized carbons (Fsp3) is 0.562. The molecule has 0 saturated heterocycles. The van der Waals surface area contributed by atoms with E-state index < -0.39 is 0 Å². The summed E-state index contributed by atoms with van der Waals surface area (Å²) in [5.74, 6) is 0.449. The summed E-state index contributed by atoms with van der Waals surface area (Å²) in [4.78, 5) is 14.1. The molecule has 0 saturated carbocycles. The first-order valence-corrected chi connectivity index (χ1v) is 7.26. The lowest BCUT2D eigenvalue weighted by Crippen LogP contribution is -2.32. The van der Waals surface area contributed by atoms with E-state index in [0.717, 1.165) is 25.2 Å². The quantitative estimate of drug-likeness (QED) is 0.717. The number of hydrogen-bond acceptors (Lipinski definition) is 3. The fourth-order valence-electron chi connectivity index (χ4n) is 2.15. The SMILES string of the molecule is CNCCCN(C)CC(=O)Nc1ccccc1C(C)C. The molecule has 0 aromatic heterocycles. The molecule has 0 fully saturated rings. The van der Waals surface area contributed by atoms with Gasteiger partial charge in [0.2, 0.25) is 5.91 Å². The third-order valence-corrected chi connectivity index (χ3v) is 3.24. The molecule has 4 heteroatoms. The van der Waals surface area contributed by atoms with Gasteiger partial charge < -0.3 is 10.6 Å². The van der Waals surface area contributed by atoms with Crippen molar-refractivity contribution in [2.24, 2.45) is 0 Å². The number of amides is 1. The zero-order chi connectivity index (χ0) is 15.0. The molecule has 20 heavy (non-hydrogen) atoms. The van der Waals surface area contributed by atoms with Crippen LogP contribution in [-0.4, -0.2) is 44.5 Å². The number of rotatable bonds is 8. The van der Waals surface area contributed by atoms with E-state index in [1.165, 1.54) is 5.56 Å². The van der Waals surface area contributed by atoms with Crippen molar-refractivity contribution in [2.75, 3.05) is 39.0 Å². The lowest BCUT2D eigenvalue weighted by Gasteiger charge is -2.18. The van der Waals surface area contributed by atoms with Crippen LogP contribution in [0, 0.1) is 0 Å². The predicted molar refractivity (Wildman–Crippen MR) is 85.2 cm³/mol. The van der Waals surface area contributed by atoms with Gasteiger partial charge in [-0.3, -0.25) is 9.69 Å².